The van der Waals surface area contributed by atoms with Gasteiger partial charge in [-0.25, -0.2) is 8.42 Å². The van der Waals surface area contributed by atoms with Crippen molar-refractivity contribution in [2.24, 2.45) is 5.92 Å². The SMILES string of the molecule is CCCCCCCCCCCCC/C=C/C(CCCCCCCCC)COS(=O)(=O)[O-].[Na+]. The summed E-state index contributed by atoms with van der Waals surface area (Å²) in [4.78, 5) is 0. The maximum Gasteiger partial charge on any atom is 1.00 e. The Bertz CT molecular complexity index is 494. The van der Waals surface area contributed by atoms with E-state index in [-0.39, 0.29) is 42.1 Å². The molecular formula is C26H51NaO4S. The Balaban J connectivity index is 0. The Hall–Kier alpha value is 0.610. The number of hydrogen-bond acceptors (Lipinski definition) is 4. The summed E-state index contributed by atoms with van der Waals surface area (Å²) in [5.74, 6) is 0.0204. The summed E-state index contributed by atoms with van der Waals surface area (Å²) in [7, 11) is -4.61. The molecule has 32 heavy (non-hydrogen) atoms. The van der Waals surface area contributed by atoms with Crippen LogP contribution >= 0.6 is 0 Å². The van der Waals surface area contributed by atoms with E-state index in [1.807, 2.05) is 0 Å². The number of unbranched alkanes of at least 4 members (excludes halogenated alkanes) is 17. The normalized spacial score (nSPS) is 12.8. The van der Waals surface area contributed by atoms with Crippen molar-refractivity contribution >= 4 is 10.4 Å². The van der Waals surface area contributed by atoms with Gasteiger partial charge in [-0.15, -0.1) is 0 Å². The molecule has 0 amide bonds. The third-order valence-electron chi connectivity index (χ3n) is 5.99. The second kappa shape index (κ2) is 26.2. The van der Waals surface area contributed by atoms with Gasteiger partial charge in [-0.3, -0.25) is 4.18 Å². The van der Waals surface area contributed by atoms with E-state index in [0.717, 1.165) is 25.7 Å². The van der Waals surface area contributed by atoms with Gasteiger partial charge in [0.05, 0.1) is 6.61 Å². The van der Waals surface area contributed by atoms with Crippen LogP contribution in [0, 0.1) is 5.92 Å². The summed E-state index contributed by atoms with van der Waals surface area (Å²) >= 11 is 0. The zero-order valence-corrected chi connectivity index (χ0v) is 24.4. The zero-order valence-electron chi connectivity index (χ0n) is 21.6. The molecule has 0 saturated carbocycles. The van der Waals surface area contributed by atoms with Crippen molar-refractivity contribution in [2.45, 2.75) is 142 Å². The average Bonchev–Trinajstić information content (AvgIpc) is 2.73. The predicted octanol–water partition coefficient (Wildman–Crippen LogP) is 5.48. The summed E-state index contributed by atoms with van der Waals surface area (Å²) < 4.78 is 36.9. The van der Waals surface area contributed by atoms with E-state index in [1.165, 1.54) is 103 Å². The maximum absolute atomic E-state index is 10.8. The molecule has 1 atom stereocenters. The minimum absolute atomic E-state index is 0. The molecule has 0 aliphatic carbocycles. The third-order valence-corrected chi connectivity index (χ3v) is 6.41. The number of hydrogen-bond donors (Lipinski definition) is 0. The van der Waals surface area contributed by atoms with Crippen molar-refractivity contribution in [1.82, 2.24) is 0 Å². The fourth-order valence-electron chi connectivity index (χ4n) is 3.98. The fraction of sp³-hybridized carbons (Fsp3) is 0.923. The zero-order chi connectivity index (χ0) is 23.0. The molecule has 0 aromatic carbocycles. The Morgan fingerprint density at radius 1 is 0.688 bits per heavy atom. The molecule has 0 saturated heterocycles. The van der Waals surface area contributed by atoms with Crippen LogP contribution in [-0.4, -0.2) is 19.6 Å². The molecule has 0 N–H and O–H groups in total. The summed E-state index contributed by atoms with van der Waals surface area (Å²) in [6.07, 6.45) is 29.4. The molecule has 0 bridgehead atoms. The van der Waals surface area contributed by atoms with Crippen molar-refractivity contribution in [3.8, 4) is 0 Å². The molecule has 1 unspecified atom stereocenters. The van der Waals surface area contributed by atoms with Crippen molar-refractivity contribution in [3.63, 3.8) is 0 Å². The number of rotatable bonds is 24. The van der Waals surface area contributed by atoms with Crippen LogP contribution in [0.5, 0.6) is 0 Å². The molecule has 0 heterocycles. The molecule has 0 spiro atoms. The van der Waals surface area contributed by atoms with Crippen LogP contribution in [0.1, 0.15) is 142 Å². The van der Waals surface area contributed by atoms with E-state index in [2.05, 4.69) is 30.2 Å². The van der Waals surface area contributed by atoms with E-state index in [1.54, 1.807) is 0 Å². The summed E-state index contributed by atoms with van der Waals surface area (Å²) in [5, 5.41) is 0. The van der Waals surface area contributed by atoms with Gasteiger partial charge in [0.25, 0.3) is 0 Å². The molecule has 0 aromatic rings. The van der Waals surface area contributed by atoms with Crippen LogP contribution in [0.15, 0.2) is 12.2 Å². The van der Waals surface area contributed by atoms with Crippen LogP contribution in [0.4, 0.5) is 0 Å². The van der Waals surface area contributed by atoms with E-state index in [4.69, 9.17) is 0 Å². The minimum atomic E-state index is -4.61. The molecule has 0 rings (SSSR count). The van der Waals surface area contributed by atoms with E-state index in [0.29, 0.717) is 0 Å². The maximum atomic E-state index is 10.8. The molecule has 0 aliphatic rings. The standard InChI is InChI=1S/C26H52O4S.Na/c1-3-5-7-9-11-12-13-14-15-16-18-20-22-24-26(25-30-31(27,28)29)23-21-19-17-10-8-6-4-2;/h22,24,26H,3-21,23,25H2,1-2H3,(H,27,28,29);/q;+1/p-1/b24-22+;. The molecule has 0 aromatic heterocycles. The van der Waals surface area contributed by atoms with Gasteiger partial charge in [-0.1, -0.05) is 135 Å². The van der Waals surface area contributed by atoms with E-state index in [9.17, 15) is 13.0 Å². The summed E-state index contributed by atoms with van der Waals surface area (Å²) in [5.41, 5.74) is 0. The van der Waals surface area contributed by atoms with Gasteiger partial charge >= 0.3 is 29.6 Å². The van der Waals surface area contributed by atoms with Gasteiger partial charge in [0.15, 0.2) is 0 Å². The smallest absolute Gasteiger partial charge is 0.726 e. The Kier molecular flexibility index (Phi) is 28.5. The topological polar surface area (TPSA) is 66.4 Å². The van der Waals surface area contributed by atoms with Crippen molar-refractivity contribution in [1.29, 1.82) is 0 Å². The second-order valence-electron chi connectivity index (χ2n) is 9.12. The summed E-state index contributed by atoms with van der Waals surface area (Å²) in [6, 6.07) is 0. The quantitative estimate of drug-likeness (QED) is 0.0600. The first-order valence-electron chi connectivity index (χ1n) is 13.3. The monoisotopic (exact) mass is 482 g/mol. The van der Waals surface area contributed by atoms with Crippen LogP contribution < -0.4 is 29.6 Å². The molecule has 0 aliphatic heterocycles. The summed E-state index contributed by atoms with van der Waals surface area (Å²) in [6.45, 7) is 4.46. The Morgan fingerprint density at radius 3 is 1.53 bits per heavy atom. The largest absolute Gasteiger partial charge is 1.00 e. The first-order valence-corrected chi connectivity index (χ1v) is 14.6. The fourth-order valence-corrected chi connectivity index (χ4v) is 4.33. The van der Waals surface area contributed by atoms with Crippen LogP contribution in [0.3, 0.4) is 0 Å². The average molecular weight is 483 g/mol. The van der Waals surface area contributed by atoms with Gasteiger partial charge in [0.2, 0.25) is 10.4 Å². The van der Waals surface area contributed by atoms with Crippen molar-refractivity contribution in [2.75, 3.05) is 6.61 Å². The molecule has 0 radical (unpaired) electrons. The Labute approximate surface area is 223 Å². The molecule has 6 heteroatoms. The van der Waals surface area contributed by atoms with Gasteiger partial charge in [0, 0.05) is 5.92 Å². The van der Waals surface area contributed by atoms with E-state index >= 15 is 0 Å². The minimum Gasteiger partial charge on any atom is -0.726 e. The first kappa shape index (κ1) is 34.8. The van der Waals surface area contributed by atoms with Gasteiger partial charge in [-0.05, 0) is 19.3 Å². The third kappa shape index (κ3) is 28.6. The van der Waals surface area contributed by atoms with Crippen LogP contribution in [0.25, 0.3) is 0 Å². The van der Waals surface area contributed by atoms with Gasteiger partial charge < -0.3 is 4.55 Å². The van der Waals surface area contributed by atoms with Crippen LogP contribution in [-0.2, 0) is 14.6 Å². The predicted molar refractivity (Wildman–Crippen MR) is 132 cm³/mol. The molecule has 4 nitrogen and oxygen atoms in total. The number of allylic oxidation sites excluding steroid dienone is 1. The molecule has 0 fully saturated rings. The molecular weight excluding hydrogens is 431 g/mol. The first-order chi connectivity index (χ1) is 15.0. The van der Waals surface area contributed by atoms with Crippen molar-refractivity contribution < 1.29 is 46.7 Å². The second-order valence-corrected chi connectivity index (χ2v) is 10.2. The molecule has 186 valence electrons. The van der Waals surface area contributed by atoms with Gasteiger partial charge in [-0.2, -0.15) is 0 Å². The van der Waals surface area contributed by atoms with E-state index < -0.39 is 10.4 Å². The Morgan fingerprint density at radius 2 is 1.09 bits per heavy atom. The van der Waals surface area contributed by atoms with Crippen molar-refractivity contribution in [3.05, 3.63) is 12.2 Å². The van der Waals surface area contributed by atoms with Crippen LogP contribution in [0.2, 0.25) is 0 Å². The van der Waals surface area contributed by atoms with Gasteiger partial charge in [0.1, 0.15) is 0 Å².